The summed E-state index contributed by atoms with van der Waals surface area (Å²) in [5.74, 6) is -0.411. The standard InChI is InChI=1S/C17H18N6O4S/c1-10(25)19-11-2-4-12(5-3-11)20-14(26)9-28-17-21-15-13(16(27)22-17)8-18-23(15)6-7-24/h2-5,8,24H,6-7,9H2,1H3,(H,19,25)(H,20,26)(H,21,22,27). The molecule has 0 unspecified atom stereocenters. The number of aliphatic hydroxyl groups excluding tert-OH is 1. The second kappa shape index (κ2) is 8.67. The van der Waals surface area contributed by atoms with Crippen molar-refractivity contribution in [1.29, 1.82) is 0 Å². The lowest BCUT2D eigenvalue weighted by Crippen LogP contribution is -2.16. The number of aliphatic hydroxyl groups is 1. The largest absolute Gasteiger partial charge is 0.394 e. The van der Waals surface area contributed by atoms with E-state index in [-0.39, 0.29) is 41.4 Å². The van der Waals surface area contributed by atoms with Crippen LogP contribution in [0.25, 0.3) is 11.0 Å². The fourth-order valence-corrected chi connectivity index (χ4v) is 3.10. The molecule has 3 aromatic rings. The average Bonchev–Trinajstić information content (AvgIpc) is 3.05. The fraction of sp³-hybridized carbons (Fsp3) is 0.235. The third-order valence-corrected chi connectivity index (χ3v) is 4.50. The van der Waals surface area contributed by atoms with Crippen LogP contribution >= 0.6 is 11.8 Å². The molecule has 0 fully saturated rings. The molecule has 0 bridgehead atoms. The fourth-order valence-electron chi connectivity index (χ4n) is 2.44. The zero-order valence-electron chi connectivity index (χ0n) is 14.9. The minimum Gasteiger partial charge on any atom is -0.394 e. The Bertz CT molecular complexity index is 1060. The number of aromatic amines is 1. The molecule has 0 aliphatic heterocycles. The Hall–Kier alpha value is -3.18. The van der Waals surface area contributed by atoms with Crippen molar-refractivity contribution in [2.45, 2.75) is 18.6 Å². The number of anilines is 2. The molecule has 1 aromatic carbocycles. The summed E-state index contributed by atoms with van der Waals surface area (Å²) < 4.78 is 1.44. The van der Waals surface area contributed by atoms with Crippen molar-refractivity contribution in [2.75, 3.05) is 23.0 Å². The molecule has 2 heterocycles. The van der Waals surface area contributed by atoms with E-state index in [0.29, 0.717) is 22.4 Å². The third kappa shape index (κ3) is 4.75. The van der Waals surface area contributed by atoms with E-state index in [1.165, 1.54) is 17.8 Å². The number of fused-ring (bicyclic) bond motifs is 1. The van der Waals surface area contributed by atoms with E-state index in [1.807, 2.05) is 0 Å². The third-order valence-electron chi connectivity index (χ3n) is 3.62. The predicted molar refractivity (Wildman–Crippen MR) is 105 cm³/mol. The van der Waals surface area contributed by atoms with E-state index < -0.39 is 0 Å². The zero-order valence-corrected chi connectivity index (χ0v) is 15.7. The van der Waals surface area contributed by atoms with Gasteiger partial charge in [-0.25, -0.2) is 9.67 Å². The number of nitrogens with zero attached hydrogens (tertiary/aromatic N) is 3. The Balaban J connectivity index is 1.63. The van der Waals surface area contributed by atoms with Crippen molar-refractivity contribution in [3.8, 4) is 0 Å². The maximum absolute atomic E-state index is 12.1. The van der Waals surface area contributed by atoms with E-state index in [9.17, 15) is 14.4 Å². The van der Waals surface area contributed by atoms with Gasteiger partial charge in [0.15, 0.2) is 10.8 Å². The number of nitrogens with one attached hydrogen (secondary N) is 3. The van der Waals surface area contributed by atoms with E-state index in [4.69, 9.17) is 5.11 Å². The molecule has 2 amide bonds. The van der Waals surface area contributed by atoms with Gasteiger partial charge < -0.3 is 20.7 Å². The molecule has 0 radical (unpaired) electrons. The molecule has 11 heteroatoms. The SMILES string of the molecule is CC(=O)Nc1ccc(NC(=O)CSc2nc3c(cnn3CCO)c(=O)[nH]2)cc1. The van der Waals surface area contributed by atoms with Crippen molar-refractivity contribution in [3.05, 3.63) is 40.8 Å². The Labute approximate surface area is 163 Å². The minimum atomic E-state index is -0.356. The number of thioether (sulfide) groups is 1. The normalized spacial score (nSPS) is 10.8. The van der Waals surface area contributed by atoms with Gasteiger partial charge in [0.25, 0.3) is 5.56 Å². The van der Waals surface area contributed by atoms with Crippen LogP contribution in [0.4, 0.5) is 11.4 Å². The average molecular weight is 402 g/mol. The Kier molecular flexibility index (Phi) is 6.06. The van der Waals surface area contributed by atoms with Gasteiger partial charge >= 0.3 is 0 Å². The Morgan fingerprint density at radius 2 is 1.89 bits per heavy atom. The molecule has 0 atom stereocenters. The smallest absolute Gasteiger partial charge is 0.262 e. The van der Waals surface area contributed by atoms with Gasteiger partial charge in [0.1, 0.15) is 5.39 Å². The molecule has 28 heavy (non-hydrogen) atoms. The van der Waals surface area contributed by atoms with Gasteiger partial charge in [0.05, 0.1) is 25.1 Å². The lowest BCUT2D eigenvalue weighted by molar-refractivity contribution is -0.114. The van der Waals surface area contributed by atoms with E-state index in [1.54, 1.807) is 24.3 Å². The zero-order chi connectivity index (χ0) is 20.1. The van der Waals surface area contributed by atoms with Crippen LogP contribution < -0.4 is 16.2 Å². The topological polar surface area (TPSA) is 142 Å². The summed E-state index contributed by atoms with van der Waals surface area (Å²) in [6, 6.07) is 6.71. The van der Waals surface area contributed by atoms with Crippen LogP contribution in [-0.4, -0.2) is 49.0 Å². The van der Waals surface area contributed by atoms with Crippen molar-refractivity contribution in [3.63, 3.8) is 0 Å². The molecule has 0 aliphatic carbocycles. The molecule has 10 nitrogen and oxygen atoms in total. The number of hydrogen-bond acceptors (Lipinski definition) is 7. The number of H-pyrrole nitrogens is 1. The summed E-state index contributed by atoms with van der Waals surface area (Å²) in [4.78, 5) is 42.2. The van der Waals surface area contributed by atoms with Gasteiger partial charge in [-0.1, -0.05) is 11.8 Å². The van der Waals surface area contributed by atoms with Gasteiger partial charge in [0, 0.05) is 18.3 Å². The number of carbonyl (C=O) groups is 2. The predicted octanol–water partition coefficient (Wildman–Crippen LogP) is 0.801. The van der Waals surface area contributed by atoms with Crippen molar-refractivity contribution in [2.24, 2.45) is 0 Å². The highest BCUT2D eigenvalue weighted by molar-refractivity contribution is 7.99. The molecular weight excluding hydrogens is 384 g/mol. The van der Waals surface area contributed by atoms with Gasteiger partial charge in [-0.05, 0) is 24.3 Å². The molecule has 0 spiro atoms. The van der Waals surface area contributed by atoms with Gasteiger partial charge in [-0.2, -0.15) is 5.10 Å². The first kappa shape index (κ1) is 19.6. The molecule has 3 rings (SSSR count). The number of carbonyl (C=O) groups excluding carboxylic acids is 2. The minimum absolute atomic E-state index is 0.0377. The summed E-state index contributed by atoms with van der Waals surface area (Å²) in [5, 5.41) is 19.1. The van der Waals surface area contributed by atoms with Crippen LogP contribution in [0.1, 0.15) is 6.92 Å². The Morgan fingerprint density at radius 3 is 2.54 bits per heavy atom. The van der Waals surface area contributed by atoms with Crippen LogP contribution in [0, 0.1) is 0 Å². The number of amides is 2. The maximum Gasteiger partial charge on any atom is 0.262 e. The Morgan fingerprint density at radius 1 is 1.21 bits per heavy atom. The highest BCUT2D eigenvalue weighted by Gasteiger charge is 2.12. The molecule has 0 saturated heterocycles. The van der Waals surface area contributed by atoms with Crippen molar-refractivity contribution >= 4 is 46.0 Å². The highest BCUT2D eigenvalue weighted by atomic mass is 32.2. The van der Waals surface area contributed by atoms with Crippen LogP contribution in [-0.2, 0) is 16.1 Å². The van der Waals surface area contributed by atoms with Crippen molar-refractivity contribution in [1.82, 2.24) is 19.7 Å². The second-order valence-electron chi connectivity index (χ2n) is 5.80. The molecule has 146 valence electrons. The van der Waals surface area contributed by atoms with Crippen LogP contribution in [0.15, 0.2) is 40.4 Å². The lowest BCUT2D eigenvalue weighted by atomic mass is 10.3. The monoisotopic (exact) mass is 402 g/mol. The lowest BCUT2D eigenvalue weighted by Gasteiger charge is -2.07. The summed E-state index contributed by atoms with van der Waals surface area (Å²) in [5.41, 5.74) is 1.21. The number of hydrogen-bond donors (Lipinski definition) is 4. The summed E-state index contributed by atoms with van der Waals surface area (Å²) >= 11 is 1.08. The van der Waals surface area contributed by atoms with Gasteiger partial charge in [-0.3, -0.25) is 14.4 Å². The van der Waals surface area contributed by atoms with E-state index in [0.717, 1.165) is 11.8 Å². The van der Waals surface area contributed by atoms with Gasteiger partial charge in [-0.15, -0.1) is 0 Å². The number of rotatable bonds is 7. The summed E-state index contributed by atoms with van der Waals surface area (Å²) in [6.07, 6.45) is 1.39. The van der Waals surface area contributed by atoms with Crippen LogP contribution in [0.5, 0.6) is 0 Å². The second-order valence-corrected chi connectivity index (χ2v) is 6.76. The highest BCUT2D eigenvalue weighted by Crippen LogP contribution is 2.17. The quantitative estimate of drug-likeness (QED) is 0.338. The maximum atomic E-state index is 12.1. The van der Waals surface area contributed by atoms with E-state index >= 15 is 0 Å². The van der Waals surface area contributed by atoms with Crippen LogP contribution in [0.3, 0.4) is 0 Å². The van der Waals surface area contributed by atoms with Crippen molar-refractivity contribution < 1.29 is 14.7 Å². The number of benzene rings is 1. The molecule has 2 aromatic heterocycles. The molecule has 0 aliphatic rings. The van der Waals surface area contributed by atoms with Gasteiger partial charge in [0.2, 0.25) is 11.8 Å². The number of aromatic nitrogens is 4. The first-order valence-electron chi connectivity index (χ1n) is 8.33. The van der Waals surface area contributed by atoms with Crippen LogP contribution in [0.2, 0.25) is 0 Å². The molecule has 4 N–H and O–H groups in total. The molecular formula is C17H18N6O4S. The summed E-state index contributed by atoms with van der Waals surface area (Å²) in [7, 11) is 0. The molecule has 0 saturated carbocycles. The van der Waals surface area contributed by atoms with E-state index in [2.05, 4.69) is 25.7 Å². The summed E-state index contributed by atoms with van der Waals surface area (Å²) in [6.45, 7) is 1.51. The first-order chi connectivity index (χ1) is 13.5. The first-order valence-corrected chi connectivity index (χ1v) is 9.32.